The highest BCUT2D eigenvalue weighted by molar-refractivity contribution is 5.92. The second kappa shape index (κ2) is 9.38. The van der Waals surface area contributed by atoms with E-state index < -0.39 is 0 Å². The fourth-order valence-corrected chi connectivity index (χ4v) is 3.02. The number of urea groups is 1. The number of hydrogen-bond acceptors (Lipinski definition) is 3. The summed E-state index contributed by atoms with van der Waals surface area (Å²) in [5.41, 5.74) is 0.800. The van der Waals surface area contributed by atoms with Crippen LogP contribution in [-0.2, 0) is 0 Å². The SMILES string of the molecule is CCCCC(CC)CNC(=O)Nc1cccnc1N1CCCC1. The largest absolute Gasteiger partial charge is 0.355 e. The normalized spacial score (nSPS) is 15.5. The molecule has 0 spiro atoms. The minimum absolute atomic E-state index is 0.131. The van der Waals surface area contributed by atoms with Crippen LogP contribution in [0.25, 0.3) is 0 Å². The lowest BCUT2D eigenvalue weighted by atomic mass is 9.99. The van der Waals surface area contributed by atoms with Crippen molar-refractivity contribution < 1.29 is 4.79 Å². The van der Waals surface area contributed by atoms with E-state index in [9.17, 15) is 4.79 Å². The van der Waals surface area contributed by atoms with E-state index in [-0.39, 0.29) is 6.03 Å². The Bertz CT molecular complexity index is 486. The summed E-state index contributed by atoms with van der Waals surface area (Å²) in [6.07, 6.45) is 8.89. The number of unbranched alkanes of at least 4 members (excludes halogenated alkanes) is 1. The van der Waals surface area contributed by atoms with Crippen LogP contribution in [0.2, 0.25) is 0 Å². The van der Waals surface area contributed by atoms with Crippen LogP contribution < -0.4 is 15.5 Å². The molecule has 2 amide bonds. The van der Waals surface area contributed by atoms with Crippen LogP contribution in [0.1, 0.15) is 52.4 Å². The monoisotopic (exact) mass is 318 g/mol. The van der Waals surface area contributed by atoms with Gasteiger partial charge in [0, 0.05) is 25.8 Å². The van der Waals surface area contributed by atoms with Crippen LogP contribution in [0.15, 0.2) is 18.3 Å². The zero-order valence-electron chi connectivity index (χ0n) is 14.5. The van der Waals surface area contributed by atoms with E-state index in [4.69, 9.17) is 0 Å². The van der Waals surface area contributed by atoms with Crippen LogP contribution in [0.5, 0.6) is 0 Å². The van der Waals surface area contributed by atoms with E-state index in [1.165, 1.54) is 32.1 Å². The third-order valence-electron chi connectivity index (χ3n) is 4.54. The van der Waals surface area contributed by atoms with Crippen LogP contribution in [-0.4, -0.2) is 30.6 Å². The summed E-state index contributed by atoms with van der Waals surface area (Å²) < 4.78 is 0. The molecule has 0 aromatic carbocycles. The fourth-order valence-electron chi connectivity index (χ4n) is 3.02. The molecular formula is C18H30N4O. The van der Waals surface area contributed by atoms with Gasteiger partial charge in [0.05, 0.1) is 5.69 Å². The molecule has 23 heavy (non-hydrogen) atoms. The zero-order chi connectivity index (χ0) is 16.5. The molecule has 1 aliphatic rings. The van der Waals surface area contributed by atoms with E-state index in [0.29, 0.717) is 5.92 Å². The Morgan fingerprint density at radius 2 is 2.13 bits per heavy atom. The highest BCUT2D eigenvalue weighted by atomic mass is 16.2. The average molecular weight is 318 g/mol. The Labute approximate surface area is 139 Å². The van der Waals surface area contributed by atoms with Gasteiger partial charge < -0.3 is 15.5 Å². The van der Waals surface area contributed by atoms with E-state index in [2.05, 4.69) is 34.4 Å². The summed E-state index contributed by atoms with van der Waals surface area (Å²) in [5, 5.41) is 5.98. The third kappa shape index (κ3) is 5.41. The second-order valence-electron chi connectivity index (χ2n) is 6.32. The Morgan fingerprint density at radius 1 is 1.35 bits per heavy atom. The molecule has 0 bridgehead atoms. The number of amides is 2. The van der Waals surface area contributed by atoms with Crippen LogP contribution >= 0.6 is 0 Å². The first kappa shape index (κ1) is 17.6. The molecule has 0 aliphatic carbocycles. The first-order valence-electron chi connectivity index (χ1n) is 8.99. The van der Waals surface area contributed by atoms with Crippen molar-refractivity contribution in [2.24, 2.45) is 5.92 Å². The molecule has 1 aliphatic heterocycles. The van der Waals surface area contributed by atoms with Crippen molar-refractivity contribution in [1.29, 1.82) is 0 Å². The molecule has 1 atom stereocenters. The summed E-state index contributed by atoms with van der Waals surface area (Å²) >= 11 is 0. The Hall–Kier alpha value is -1.78. The van der Waals surface area contributed by atoms with E-state index in [0.717, 1.165) is 37.6 Å². The number of carbonyl (C=O) groups is 1. The standard InChI is InChI=1S/C18H30N4O/c1-3-5-9-15(4-2)14-20-18(23)21-16-10-8-11-19-17(16)22-12-6-7-13-22/h8,10-11,15H,3-7,9,12-14H2,1-2H3,(H2,20,21,23). The molecule has 1 aromatic rings. The molecule has 0 saturated carbocycles. The fraction of sp³-hybridized carbons (Fsp3) is 0.667. The van der Waals surface area contributed by atoms with Gasteiger partial charge in [0.25, 0.3) is 0 Å². The maximum atomic E-state index is 12.2. The van der Waals surface area contributed by atoms with Gasteiger partial charge in [-0.15, -0.1) is 0 Å². The summed E-state index contributed by atoms with van der Waals surface area (Å²) in [5.74, 6) is 1.45. The predicted octanol–water partition coefficient (Wildman–Crippen LogP) is 4.02. The number of pyridine rings is 1. The van der Waals surface area contributed by atoms with Crippen molar-refractivity contribution in [2.75, 3.05) is 29.9 Å². The molecule has 0 radical (unpaired) electrons. The van der Waals surface area contributed by atoms with E-state index >= 15 is 0 Å². The first-order chi connectivity index (χ1) is 11.2. The lowest BCUT2D eigenvalue weighted by Crippen LogP contribution is -2.33. The molecule has 1 unspecified atom stereocenters. The Morgan fingerprint density at radius 3 is 2.83 bits per heavy atom. The Kier molecular flexibility index (Phi) is 7.17. The molecule has 1 aromatic heterocycles. The molecule has 128 valence electrons. The third-order valence-corrected chi connectivity index (χ3v) is 4.54. The van der Waals surface area contributed by atoms with Crippen molar-refractivity contribution >= 4 is 17.5 Å². The summed E-state index contributed by atoms with van der Waals surface area (Å²) in [6, 6.07) is 3.66. The molecular weight excluding hydrogens is 288 g/mol. The van der Waals surface area contributed by atoms with Crippen LogP contribution in [0.3, 0.4) is 0 Å². The van der Waals surface area contributed by atoms with E-state index in [1.54, 1.807) is 6.20 Å². The highest BCUT2D eigenvalue weighted by Gasteiger charge is 2.18. The number of anilines is 2. The van der Waals surface area contributed by atoms with E-state index in [1.807, 2.05) is 12.1 Å². The molecule has 2 N–H and O–H groups in total. The van der Waals surface area contributed by atoms with Gasteiger partial charge in [-0.1, -0.05) is 33.1 Å². The number of carbonyl (C=O) groups excluding carboxylic acids is 1. The molecule has 1 saturated heterocycles. The average Bonchev–Trinajstić information content (AvgIpc) is 3.10. The molecule has 5 nitrogen and oxygen atoms in total. The first-order valence-corrected chi connectivity index (χ1v) is 8.99. The molecule has 2 heterocycles. The van der Waals surface area contributed by atoms with Crippen molar-refractivity contribution in [2.45, 2.75) is 52.4 Å². The minimum Gasteiger partial charge on any atom is -0.355 e. The number of aromatic nitrogens is 1. The van der Waals surface area contributed by atoms with Gasteiger partial charge in [-0.05, 0) is 37.3 Å². The van der Waals surface area contributed by atoms with Crippen molar-refractivity contribution in [3.05, 3.63) is 18.3 Å². The van der Waals surface area contributed by atoms with Crippen molar-refractivity contribution in [1.82, 2.24) is 10.3 Å². The van der Waals surface area contributed by atoms with Crippen LogP contribution in [0.4, 0.5) is 16.3 Å². The van der Waals surface area contributed by atoms with Gasteiger partial charge in [-0.2, -0.15) is 0 Å². The number of nitrogens with one attached hydrogen (secondary N) is 2. The summed E-state index contributed by atoms with van der Waals surface area (Å²) in [4.78, 5) is 18.9. The topological polar surface area (TPSA) is 57.3 Å². The maximum Gasteiger partial charge on any atom is 0.319 e. The maximum absolute atomic E-state index is 12.2. The smallest absolute Gasteiger partial charge is 0.319 e. The minimum atomic E-state index is -0.131. The molecule has 5 heteroatoms. The molecule has 2 rings (SSSR count). The van der Waals surface area contributed by atoms with Gasteiger partial charge >= 0.3 is 6.03 Å². The van der Waals surface area contributed by atoms with Crippen molar-refractivity contribution in [3.8, 4) is 0 Å². The highest BCUT2D eigenvalue weighted by Crippen LogP contribution is 2.25. The summed E-state index contributed by atoms with van der Waals surface area (Å²) in [7, 11) is 0. The molecule has 1 fully saturated rings. The van der Waals surface area contributed by atoms with Gasteiger partial charge in [0.1, 0.15) is 0 Å². The van der Waals surface area contributed by atoms with Crippen LogP contribution in [0, 0.1) is 5.92 Å². The van der Waals surface area contributed by atoms with Crippen molar-refractivity contribution in [3.63, 3.8) is 0 Å². The second-order valence-corrected chi connectivity index (χ2v) is 6.32. The number of rotatable bonds is 8. The van der Waals surface area contributed by atoms with Gasteiger partial charge in [0.2, 0.25) is 0 Å². The van der Waals surface area contributed by atoms with Gasteiger partial charge in [-0.25, -0.2) is 9.78 Å². The van der Waals surface area contributed by atoms with Gasteiger partial charge in [-0.3, -0.25) is 0 Å². The number of hydrogen-bond donors (Lipinski definition) is 2. The predicted molar refractivity (Wildman–Crippen MR) is 96.0 cm³/mol. The number of nitrogens with zero attached hydrogens (tertiary/aromatic N) is 2. The zero-order valence-corrected chi connectivity index (χ0v) is 14.5. The lowest BCUT2D eigenvalue weighted by Gasteiger charge is -2.20. The Balaban J connectivity index is 1.87. The summed E-state index contributed by atoms with van der Waals surface area (Å²) in [6.45, 7) is 7.16. The quantitative estimate of drug-likeness (QED) is 0.761. The lowest BCUT2D eigenvalue weighted by molar-refractivity contribution is 0.249. The van der Waals surface area contributed by atoms with Gasteiger partial charge in [0.15, 0.2) is 5.82 Å².